The van der Waals surface area contributed by atoms with Crippen molar-refractivity contribution in [2.75, 3.05) is 7.05 Å². The maximum absolute atomic E-state index is 13.9. The Labute approximate surface area is 115 Å². The average Bonchev–Trinajstić information content (AvgIpc) is 2.42. The van der Waals surface area contributed by atoms with Crippen LogP contribution in [0.4, 0.5) is 13.2 Å². The summed E-state index contributed by atoms with van der Waals surface area (Å²) in [5.41, 5.74) is 0.333. The minimum atomic E-state index is -1.01. The first-order chi connectivity index (χ1) is 9.52. The Morgan fingerprint density at radius 1 is 1.00 bits per heavy atom. The van der Waals surface area contributed by atoms with Gasteiger partial charge >= 0.3 is 0 Å². The molecule has 20 heavy (non-hydrogen) atoms. The molecule has 0 fully saturated rings. The van der Waals surface area contributed by atoms with Crippen molar-refractivity contribution in [3.63, 3.8) is 0 Å². The van der Waals surface area contributed by atoms with Crippen molar-refractivity contribution in [2.45, 2.75) is 13.0 Å². The summed E-state index contributed by atoms with van der Waals surface area (Å²) in [5.74, 6) is -2.02. The van der Waals surface area contributed by atoms with Gasteiger partial charge in [-0.2, -0.15) is 0 Å². The molecule has 2 aromatic rings. The van der Waals surface area contributed by atoms with Crippen molar-refractivity contribution in [1.29, 1.82) is 0 Å². The highest BCUT2D eigenvalue weighted by molar-refractivity contribution is 5.40. The number of hydrogen-bond acceptors (Lipinski definition) is 2. The highest BCUT2D eigenvalue weighted by Crippen LogP contribution is 2.32. The largest absolute Gasteiger partial charge is 0.457 e. The molecule has 1 atom stereocenters. The van der Waals surface area contributed by atoms with Gasteiger partial charge in [-0.15, -0.1) is 0 Å². The van der Waals surface area contributed by atoms with E-state index in [-0.39, 0.29) is 17.5 Å². The Balaban J connectivity index is 2.38. The molecule has 0 saturated heterocycles. The van der Waals surface area contributed by atoms with Gasteiger partial charge in [-0.3, -0.25) is 0 Å². The van der Waals surface area contributed by atoms with E-state index in [1.807, 2.05) is 0 Å². The van der Waals surface area contributed by atoms with Crippen LogP contribution in [0.3, 0.4) is 0 Å². The predicted octanol–water partition coefficient (Wildman–Crippen LogP) is 4.18. The van der Waals surface area contributed by atoms with Crippen LogP contribution in [-0.2, 0) is 0 Å². The first-order valence-electron chi connectivity index (χ1n) is 6.11. The normalized spacial score (nSPS) is 12.2. The third kappa shape index (κ3) is 2.93. The van der Waals surface area contributed by atoms with E-state index in [0.29, 0.717) is 5.56 Å². The Bertz CT molecular complexity index is 616. The van der Waals surface area contributed by atoms with Crippen LogP contribution in [-0.4, -0.2) is 7.05 Å². The van der Waals surface area contributed by atoms with Crippen molar-refractivity contribution in [3.8, 4) is 11.5 Å². The third-order valence-electron chi connectivity index (χ3n) is 3.00. The number of nitrogens with one attached hydrogen (secondary N) is 1. The van der Waals surface area contributed by atoms with Crippen LogP contribution in [0, 0.1) is 17.5 Å². The van der Waals surface area contributed by atoms with Gasteiger partial charge in [0.1, 0.15) is 17.3 Å². The SMILES string of the molecule is CNC(C)c1c(F)cccc1Oc1ccc(F)c(F)c1. The standard InChI is InChI=1S/C15H14F3NO/c1-9(19-2)15-12(17)4-3-5-14(15)20-10-6-7-11(16)13(18)8-10/h3-9,19H,1-2H3. The molecule has 2 nitrogen and oxygen atoms in total. The smallest absolute Gasteiger partial charge is 0.162 e. The van der Waals surface area contributed by atoms with Gasteiger partial charge in [0.15, 0.2) is 11.6 Å². The fraction of sp³-hybridized carbons (Fsp3) is 0.200. The molecule has 0 aliphatic heterocycles. The molecule has 0 amide bonds. The lowest BCUT2D eigenvalue weighted by molar-refractivity contribution is 0.441. The van der Waals surface area contributed by atoms with Crippen LogP contribution in [0.2, 0.25) is 0 Å². The first kappa shape index (κ1) is 14.4. The van der Waals surface area contributed by atoms with Crippen molar-refractivity contribution in [2.24, 2.45) is 0 Å². The number of rotatable bonds is 4. The topological polar surface area (TPSA) is 21.3 Å². The number of halogens is 3. The van der Waals surface area contributed by atoms with E-state index < -0.39 is 17.5 Å². The summed E-state index contributed by atoms with van der Waals surface area (Å²) >= 11 is 0. The summed E-state index contributed by atoms with van der Waals surface area (Å²) in [5, 5.41) is 2.91. The number of benzene rings is 2. The van der Waals surface area contributed by atoms with Crippen LogP contribution in [0.25, 0.3) is 0 Å². The molecule has 106 valence electrons. The lowest BCUT2D eigenvalue weighted by Gasteiger charge is -2.17. The zero-order valence-corrected chi connectivity index (χ0v) is 11.1. The molecular formula is C15H14F3NO. The van der Waals surface area contributed by atoms with Crippen molar-refractivity contribution in [3.05, 3.63) is 59.4 Å². The fourth-order valence-corrected chi connectivity index (χ4v) is 1.84. The first-order valence-corrected chi connectivity index (χ1v) is 6.11. The maximum Gasteiger partial charge on any atom is 0.162 e. The summed E-state index contributed by atoms with van der Waals surface area (Å²) < 4.78 is 45.4. The Morgan fingerprint density at radius 3 is 2.40 bits per heavy atom. The predicted molar refractivity (Wildman–Crippen MR) is 70.3 cm³/mol. The van der Waals surface area contributed by atoms with E-state index in [4.69, 9.17) is 4.74 Å². The monoisotopic (exact) mass is 281 g/mol. The van der Waals surface area contributed by atoms with Gasteiger partial charge in [-0.25, -0.2) is 13.2 Å². The van der Waals surface area contributed by atoms with Crippen molar-refractivity contribution in [1.82, 2.24) is 5.32 Å². The lowest BCUT2D eigenvalue weighted by atomic mass is 10.1. The molecule has 0 aromatic heterocycles. The number of ether oxygens (including phenoxy) is 1. The van der Waals surface area contributed by atoms with Crippen LogP contribution >= 0.6 is 0 Å². The molecule has 0 saturated carbocycles. The molecule has 5 heteroatoms. The summed E-state index contributed by atoms with van der Waals surface area (Å²) in [6.45, 7) is 1.77. The van der Waals surface area contributed by atoms with Crippen LogP contribution in [0.5, 0.6) is 11.5 Å². The van der Waals surface area contributed by atoms with Crippen LogP contribution < -0.4 is 10.1 Å². The van der Waals surface area contributed by atoms with Crippen LogP contribution in [0.15, 0.2) is 36.4 Å². The van der Waals surface area contributed by atoms with E-state index >= 15 is 0 Å². The maximum atomic E-state index is 13.9. The fourth-order valence-electron chi connectivity index (χ4n) is 1.84. The van der Waals surface area contributed by atoms with E-state index in [2.05, 4.69) is 5.32 Å². The van der Waals surface area contributed by atoms with E-state index in [9.17, 15) is 13.2 Å². The molecule has 0 spiro atoms. The van der Waals surface area contributed by atoms with Gasteiger partial charge in [0.05, 0.1) is 0 Å². The molecule has 0 aliphatic rings. The summed E-state index contributed by atoms with van der Waals surface area (Å²) in [6, 6.07) is 7.29. The van der Waals surface area contributed by atoms with Crippen LogP contribution in [0.1, 0.15) is 18.5 Å². The van der Waals surface area contributed by atoms with E-state index in [1.54, 1.807) is 20.0 Å². The summed E-state index contributed by atoms with van der Waals surface area (Å²) in [4.78, 5) is 0. The van der Waals surface area contributed by atoms with Gasteiger partial charge in [-0.1, -0.05) is 6.07 Å². The van der Waals surface area contributed by atoms with Gasteiger partial charge < -0.3 is 10.1 Å². The average molecular weight is 281 g/mol. The molecular weight excluding hydrogens is 267 g/mol. The molecule has 2 aromatic carbocycles. The molecule has 1 N–H and O–H groups in total. The second kappa shape index (κ2) is 5.96. The highest BCUT2D eigenvalue weighted by Gasteiger charge is 2.16. The second-order valence-electron chi connectivity index (χ2n) is 4.34. The zero-order chi connectivity index (χ0) is 14.7. The third-order valence-corrected chi connectivity index (χ3v) is 3.00. The van der Waals surface area contributed by atoms with Gasteiger partial charge in [0, 0.05) is 17.7 Å². The Morgan fingerprint density at radius 2 is 1.75 bits per heavy atom. The number of hydrogen-bond donors (Lipinski definition) is 1. The van der Waals surface area contributed by atoms with Crippen molar-refractivity contribution >= 4 is 0 Å². The Hall–Kier alpha value is -2.01. The van der Waals surface area contributed by atoms with Gasteiger partial charge in [0.25, 0.3) is 0 Å². The zero-order valence-electron chi connectivity index (χ0n) is 11.1. The van der Waals surface area contributed by atoms with E-state index in [0.717, 1.165) is 12.1 Å². The molecule has 0 heterocycles. The molecule has 0 bridgehead atoms. The van der Waals surface area contributed by atoms with Gasteiger partial charge in [-0.05, 0) is 38.2 Å². The minimum Gasteiger partial charge on any atom is -0.457 e. The molecule has 2 rings (SSSR count). The second-order valence-corrected chi connectivity index (χ2v) is 4.34. The van der Waals surface area contributed by atoms with E-state index in [1.165, 1.54) is 18.2 Å². The summed E-state index contributed by atoms with van der Waals surface area (Å²) in [7, 11) is 1.69. The molecule has 0 radical (unpaired) electrons. The van der Waals surface area contributed by atoms with Crippen molar-refractivity contribution < 1.29 is 17.9 Å². The quantitative estimate of drug-likeness (QED) is 0.908. The van der Waals surface area contributed by atoms with Gasteiger partial charge in [0.2, 0.25) is 0 Å². The minimum absolute atomic E-state index is 0.110. The summed E-state index contributed by atoms with van der Waals surface area (Å²) in [6.07, 6.45) is 0. The highest BCUT2D eigenvalue weighted by atomic mass is 19.2. The lowest BCUT2D eigenvalue weighted by Crippen LogP contribution is -2.14. The Kier molecular flexibility index (Phi) is 4.29. The molecule has 0 aliphatic carbocycles. The molecule has 1 unspecified atom stereocenters.